The van der Waals surface area contributed by atoms with Crippen LogP contribution in [0.15, 0.2) is 0 Å². The fourth-order valence-corrected chi connectivity index (χ4v) is 8.07. The van der Waals surface area contributed by atoms with E-state index in [4.69, 9.17) is 0 Å². The molecule has 1 N–H and O–H groups in total. The Labute approximate surface area is 149 Å². The number of aliphatic hydroxyl groups is 1. The minimum atomic E-state index is -5.50. The molecular weight excluding hydrogens is 355 g/mol. The van der Waals surface area contributed by atoms with Crippen LogP contribution in [0.25, 0.3) is 0 Å². The minimum absolute atomic E-state index is 0.0602. The highest BCUT2D eigenvalue weighted by Gasteiger charge is 2.79. The fourth-order valence-electron chi connectivity index (χ4n) is 8.07. The van der Waals surface area contributed by atoms with Crippen LogP contribution in [0.2, 0.25) is 0 Å². The average Bonchev–Trinajstić information content (AvgIpc) is 3.28. The summed E-state index contributed by atoms with van der Waals surface area (Å²) in [6.45, 7) is 3.81. The lowest BCUT2D eigenvalue weighted by atomic mass is 9.60. The first-order valence-corrected chi connectivity index (χ1v) is 9.80. The number of ether oxygens (including phenoxy) is 1. The van der Waals surface area contributed by atoms with E-state index in [-0.39, 0.29) is 5.92 Å². The van der Waals surface area contributed by atoms with Gasteiger partial charge in [0.25, 0.3) is 0 Å². The Morgan fingerprint density at radius 3 is 2.04 bits per heavy atom. The van der Waals surface area contributed by atoms with Crippen LogP contribution in [0, 0.1) is 59.2 Å². The number of hydrogen-bond acceptors (Lipinski definition) is 2. The van der Waals surface area contributed by atoms with Crippen molar-refractivity contribution in [3.63, 3.8) is 0 Å². The molecule has 5 fully saturated rings. The second-order valence-corrected chi connectivity index (χ2v) is 9.68. The van der Waals surface area contributed by atoms with E-state index in [1.54, 1.807) is 0 Å². The molecule has 0 spiro atoms. The smallest absolute Gasteiger partial charge is 0.354 e. The Bertz CT molecular complexity index is 622. The summed E-state index contributed by atoms with van der Waals surface area (Å²) < 4.78 is 73.0. The summed E-state index contributed by atoms with van der Waals surface area (Å²) in [7, 11) is 0. The maximum absolute atomic E-state index is 14.7. The minimum Gasteiger partial charge on any atom is -0.354 e. The topological polar surface area (TPSA) is 29.5 Å². The SMILES string of the molecule is CC1C(C)C2CC1C1C3CC(C(C4COC(O)(C(F)(F)F)C4(F)F)C3)C21. The van der Waals surface area contributed by atoms with E-state index in [0.717, 1.165) is 12.8 Å². The van der Waals surface area contributed by atoms with Gasteiger partial charge < -0.3 is 9.84 Å². The van der Waals surface area contributed by atoms with E-state index in [0.29, 0.717) is 47.8 Å². The molecule has 0 aromatic rings. The van der Waals surface area contributed by atoms with Crippen LogP contribution < -0.4 is 0 Å². The predicted octanol–water partition coefficient (Wildman–Crippen LogP) is 4.33. The van der Waals surface area contributed by atoms with E-state index in [1.807, 2.05) is 0 Å². The standard InChI is InChI=1S/C19H25F5O2/c1-7-8(2)11-5-10(7)15-9-3-12(13(4-9)16(11)15)14-6-26-18(25,17(14,20)21)19(22,23)24/h7-16,25H,3-6H2,1-2H3. The van der Waals surface area contributed by atoms with E-state index >= 15 is 0 Å². The number of halogens is 5. The van der Waals surface area contributed by atoms with Gasteiger partial charge in [-0.15, -0.1) is 0 Å². The first kappa shape index (κ1) is 17.7. The van der Waals surface area contributed by atoms with Gasteiger partial charge in [0.05, 0.1) is 12.5 Å². The van der Waals surface area contributed by atoms with Crippen molar-refractivity contribution in [1.82, 2.24) is 0 Å². The van der Waals surface area contributed by atoms with Gasteiger partial charge in [-0.2, -0.15) is 22.0 Å². The second kappa shape index (κ2) is 4.94. The van der Waals surface area contributed by atoms with Gasteiger partial charge in [-0.1, -0.05) is 13.8 Å². The second-order valence-electron chi connectivity index (χ2n) is 9.68. The fraction of sp³-hybridized carbons (Fsp3) is 1.00. The number of hydrogen-bond donors (Lipinski definition) is 1. The molecule has 1 aliphatic heterocycles. The monoisotopic (exact) mass is 380 g/mol. The normalized spacial score (nSPS) is 60.0. The Balaban J connectivity index is 1.43. The van der Waals surface area contributed by atoms with Gasteiger partial charge in [-0.25, -0.2) is 0 Å². The highest BCUT2D eigenvalue weighted by molar-refractivity contribution is 5.16. The Morgan fingerprint density at radius 2 is 1.46 bits per heavy atom. The van der Waals surface area contributed by atoms with Gasteiger partial charge in [-0.3, -0.25) is 0 Å². The molecular formula is C19H25F5O2. The van der Waals surface area contributed by atoms with Crippen LogP contribution in [0.3, 0.4) is 0 Å². The van der Waals surface area contributed by atoms with Crippen molar-refractivity contribution in [2.45, 2.75) is 51.0 Å². The van der Waals surface area contributed by atoms with Gasteiger partial charge in [0.2, 0.25) is 0 Å². The summed E-state index contributed by atoms with van der Waals surface area (Å²) in [6, 6.07) is 0. The lowest BCUT2D eigenvalue weighted by Crippen LogP contribution is -2.59. The van der Waals surface area contributed by atoms with Crippen molar-refractivity contribution in [1.29, 1.82) is 0 Å². The van der Waals surface area contributed by atoms with Gasteiger partial charge in [-0.05, 0) is 72.5 Å². The van der Waals surface area contributed by atoms with Crippen molar-refractivity contribution in [2.24, 2.45) is 59.2 Å². The summed E-state index contributed by atoms with van der Waals surface area (Å²) in [6.07, 6.45) is -2.92. The third-order valence-corrected chi connectivity index (χ3v) is 9.19. The van der Waals surface area contributed by atoms with E-state index < -0.39 is 36.3 Å². The lowest BCUT2D eigenvalue weighted by Gasteiger charge is -2.45. The van der Waals surface area contributed by atoms with Crippen molar-refractivity contribution < 1.29 is 31.8 Å². The summed E-state index contributed by atoms with van der Waals surface area (Å²) in [5.41, 5.74) is 0. The third-order valence-electron chi connectivity index (χ3n) is 9.19. The van der Waals surface area contributed by atoms with E-state index in [1.165, 1.54) is 0 Å². The quantitative estimate of drug-likeness (QED) is 0.542. The zero-order valence-electron chi connectivity index (χ0n) is 14.8. The van der Waals surface area contributed by atoms with Gasteiger partial charge >= 0.3 is 17.9 Å². The van der Waals surface area contributed by atoms with Crippen LogP contribution in [-0.4, -0.2) is 29.6 Å². The first-order chi connectivity index (χ1) is 12.0. The van der Waals surface area contributed by atoms with Gasteiger partial charge in [0, 0.05) is 0 Å². The molecule has 1 heterocycles. The van der Waals surface area contributed by atoms with Crippen molar-refractivity contribution in [3.8, 4) is 0 Å². The highest BCUT2D eigenvalue weighted by Crippen LogP contribution is 2.73. The molecule has 5 rings (SSSR count). The van der Waals surface area contributed by atoms with E-state index in [2.05, 4.69) is 18.6 Å². The van der Waals surface area contributed by atoms with Crippen LogP contribution in [-0.2, 0) is 4.74 Å². The predicted molar refractivity (Wildman–Crippen MR) is 82.0 cm³/mol. The van der Waals surface area contributed by atoms with Crippen LogP contribution in [0.5, 0.6) is 0 Å². The zero-order chi connectivity index (χ0) is 18.8. The third kappa shape index (κ3) is 1.80. The Morgan fingerprint density at radius 1 is 0.885 bits per heavy atom. The zero-order valence-corrected chi connectivity index (χ0v) is 14.8. The molecule has 5 aliphatic rings. The largest absolute Gasteiger partial charge is 0.449 e. The van der Waals surface area contributed by atoms with Gasteiger partial charge in [0.1, 0.15) is 0 Å². The van der Waals surface area contributed by atoms with E-state index in [9.17, 15) is 27.1 Å². The molecule has 11 atom stereocenters. The first-order valence-electron chi connectivity index (χ1n) is 9.80. The average molecular weight is 380 g/mol. The Hall–Kier alpha value is -0.430. The molecule has 4 aliphatic carbocycles. The van der Waals surface area contributed by atoms with Crippen LogP contribution >= 0.6 is 0 Å². The molecule has 148 valence electrons. The number of rotatable bonds is 1. The number of alkyl halides is 5. The molecule has 2 nitrogen and oxygen atoms in total. The molecule has 11 unspecified atom stereocenters. The maximum atomic E-state index is 14.7. The summed E-state index contributed by atoms with van der Waals surface area (Å²) in [4.78, 5) is 0. The molecule has 4 saturated carbocycles. The molecule has 4 bridgehead atoms. The summed E-state index contributed by atoms with van der Waals surface area (Å²) in [5, 5.41) is 9.63. The van der Waals surface area contributed by atoms with Crippen molar-refractivity contribution in [2.75, 3.05) is 6.61 Å². The number of fused-ring (bicyclic) bond motifs is 9. The Kier molecular flexibility index (Phi) is 3.35. The molecule has 26 heavy (non-hydrogen) atoms. The highest BCUT2D eigenvalue weighted by atomic mass is 19.4. The van der Waals surface area contributed by atoms with Crippen molar-refractivity contribution in [3.05, 3.63) is 0 Å². The molecule has 0 amide bonds. The molecule has 0 aromatic carbocycles. The van der Waals surface area contributed by atoms with Crippen LogP contribution in [0.1, 0.15) is 33.1 Å². The molecule has 0 radical (unpaired) electrons. The molecule has 1 saturated heterocycles. The molecule has 7 heteroatoms. The maximum Gasteiger partial charge on any atom is 0.449 e. The van der Waals surface area contributed by atoms with Crippen LogP contribution in [0.4, 0.5) is 22.0 Å². The molecule has 0 aromatic heterocycles. The lowest BCUT2D eigenvalue weighted by molar-refractivity contribution is -0.405. The summed E-state index contributed by atoms with van der Waals surface area (Å²) in [5.74, 6) is -6.89. The van der Waals surface area contributed by atoms with Crippen molar-refractivity contribution >= 4 is 0 Å². The van der Waals surface area contributed by atoms with Gasteiger partial charge in [0.15, 0.2) is 0 Å². The summed E-state index contributed by atoms with van der Waals surface area (Å²) >= 11 is 0.